The van der Waals surface area contributed by atoms with E-state index in [1.165, 1.54) is 6.92 Å². The number of rotatable bonds is 3. The Labute approximate surface area is 123 Å². The Kier molecular flexibility index (Phi) is 3.91. The van der Waals surface area contributed by atoms with Crippen molar-refractivity contribution in [2.24, 2.45) is 0 Å². The first kappa shape index (κ1) is 14.3. The summed E-state index contributed by atoms with van der Waals surface area (Å²) in [6.45, 7) is 1.47. The molecule has 2 rings (SSSR count). The smallest absolute Gasteiger partial charge is 0.332 e. The quantitative estimate of drug-likeness (QED) is 0.664. The van der Waals surface area contributed by atoms with Gasteiger partial charge < -0.3 is 11.1 Å². The fourth-order valence-corrected chi connectivity index (χ4v) is 2.12. The number of aromatic nitrogens is 2. The van der Waals surface area contributed by atoms with Crippen LogP contribution in [0.5, 0.6) is 0 Å². The summed E-state index contributed by atoms with van der Waals surface area (Å²) in [6.07, 6.45) is 0. The number of nitrogen functional groups attached to an aromatic ring is 1. The van der Waals surface area contributed by atoms with Crippen molar-refractivity contribution in [3.8, 4) is 0 Å². The Hall–Kier alpha value is -2.12. The highest BCUT2D eigenvalue weighted by Crippen LogP contribution is 2.35. The van der Waals surface area contributed by atoms with E-state index in [2.05, 4.69) is 15.3 Å². The van der Waals surface area contributed by atoms with Gasteiger partial charge in [-0.15, -0.1) is 0 Å². The van der Waals surface area contributed by atoms with Crippen LogP contribution in [-0.4, -0.2) is 14.9 Å². The van der Waals surface area contributed by atoms with Crippen LogP contribution >= 0.6 is 23.2 Å². The number of anilines is 3. The molecule has 0 saturated carbocycles. The van der Waals surface area contributed by atoms with Gasteiger partial charge >= 0.3 is 5.69 Å². The van der Waals surface area contributed by atoms with Gasteiger partial charge in [0.25, 0.3) is 0 Å². The van der Waals surface area contributed by atoms with E-state index in [9.17, 15) is 10.1 Å². The maximum atomic E-state index is 11.1. The Morgan fingerprint density at radius 2 is 1.90 bits per heavy atom. The monoisotopic (exact) mass is 313 g/mol. The molecule has 0 fully saturated rings. The Morgan fingerprint density at radius 1 is 1.30 bits per heavy atom. The highest BCUT2D eigenvalue weighted by Gasteiger charge is 2.22. The van der Waals surface area contributed by atoms with E-state index >= 15 is 0 Å². The molecule has 2 aromatic rings. The molecule has 7 nitrogen and oxygen atoms in total. The van der Waals surface area contributed by atoms with Gasteiger partial charge in [0.15, 0.2) is 0 Å². The summed E-state index contributed by atoms with van der Waals surface area (Å²) in [5.74, 6) is -0.145. The predicted octanol–water partition coefficient (Wildman–Crippen LogP) is 3.33. The second-order valence-electron chi connectivity index (χ2n) is 3.84. The van der Waals surface area contributed by atoms with E-state index in [1.54, 1.807) is 18.2 Å². The molecule has 0 saturated heterocycles. The van der Waals surface area contributed by atoms with Crippen molar-refractivity contribution >= 4 is 46.3 Å². The average molecular weight is 314 g/mol. The molecule has 1 aromatic carbocycles. The molecule has 0 amide bonds. The zero-order valence-corrected chi connectivity index (χ0v) is 11.7. The first-order valence-electron chi connectivity index (χ1n) is 5.39. The SMILES string of the molecule is Cc1nc(N)nc(Nc2c(Cl)cccc2Cl)c1[N+](=O)[O-]. The number of nitrogens with zero attached hydrogens (tertiary/aromatic N) is 3. The van der Waals surface area contributed by atoms with Crippen LogP contribution in [0.4, 0.5) is 23.1 Å². The topological polar surface area (TPSA) is 107 Å². The van der Waals surface area contributed by atoms with Crippen LogP contribution in [0.25, 0.3) is 0 Å². The number of aryl methyl sites for hydroxylation is 1. The molecule has 0 aliphatic heterocycles. The van der Waals surface area contributed by atoms with E-state index in [0.717, 1.165) is 0 Å². The summed E-state index contributed by atoms with van der Waals surface area (Å²) in [5.41, 5.74) is 5.69. The fourth-order valence-electron chi connectivity index (χ4n) is 1.63. The van der Waals surface area contributed by atoms with Gasteiger partial charge in [-0.3, -0.25) is 10.1 Å². The van der Waals surface area contributed by atoms with Crippen LogP contribution in [-0.2, 0) is 0 Å². The zero-order chi connectivity index (χ0) is 14.9. The number of nitro groups is 1. The van der Waals surface area contributed by atoms with Gasteiger partial charge in [0, 0.05) is 0 Å². The number of benzene rings is 1. The number of hydrogen-bond acceptors (Lipinski definition) is 6. The number of nitrogens with one attached hydrogen (secondary N) is 1. The van der Waals surface area contributed by atoms with Crippen LogP contribution in [0, 0.1) is 17.0 Å². The number of hydrogen-bond donors (Lipinski definition) is 2. The lowest BCUT2D eigenvalue weighted by molar-refractivity contribution is -0.385. The summed E-state index contributed by atoms with van der Waals surface area (Å²) < 4.78 is 0. The molecule has 0 atom stereocenters. The van der Waals surface area contributed by atoms with Crippen LogP contribution in [0.3, 0.4) is 0 Å². The molecule has 1 heterocycles. The van der Waals surface area contributed by atoms with Crippen molar-refractivity contribution < 1.29 is 4.92 Å². The van der Waals surface area contributed by atoms with E-state index in [0.29, 0.717) is 15.7 Å². The van der Waals surface area contributed by atoms with Crippen molar-refractivity contribution in [1.29, 1.82) is 0 Å². The standard InChI is InChI=1S/C11H9Cl2N5O2/c1-5-9(18(19)20)10(17-11(14)15-5)16-8-6(12)3-2-4-7(8)13/h2-4H,1H3,(H3,14,15,16,17). The first-order chi connectivity index (χ1) is 9.40. The van der Waals surface area contributed by atoms with Crippen LogP contribution in [0.2, 0.25) is 10.0 Å². The molecule has 20 heavy (non-hydrogen) atoms. The number of halogens is 2. The molecule has 0 unspecified atom stereocenters. The summed E-state index contributed by atoms with van der Waals surface area (Å²) >= 11 is 12.0. The lowest BCUT2D eigenvalue weighted by atomic mass is 10.3. The Bertz CT molecular complexity index is 673. The van der Waals surface area contributed by atoms with Gasteiger partial charge in [0.05, 0.1) is 20.7 Å². The Morgan fingerprint density at radius 3 is 2.45 bits per heavy atom. The fraction of sp³-hybridized carbons (Fsp3) is 0.0909. The molecule has 0 aliphatic rings. The largest absolute Gasteiger partial charge is 0.368 e. The Balaban J connectivity index is 2.56. The maximum absolute atomic E-state index is 11.1. The van der Waals surface area contributed by atoms with E-state index < -0.39 is 4.92 Å². The minimum absolute atomic E-state index is 0.0602. The summed E-state index contributed by atoms with van der Waals surface area (Å²) in [4.78, 5) is 18.1. The lowest BCUT2D eigenvalue weighted by Crippen LogP contribution is -2.07. The van der Waals surface area contributed by atoms with E-state index in [1.807, 2.05) is 0 Å². The highest BCUT2D eigenvalue weighted by atomic mass is 35.5. The second-order valence-corrected chi connectivity index (χ2v) is 4.66. The molecule has 104 valence electrons. The zero-order valence-electron chi connectivity index (χ0n) is 10.2. The molecule has 9 heteroatoms. The second kappa shape index (κ2) is 5.48. The molecule has 1 aromatic heterocycles. The van der Waals surface area contributed by atoms with Crippen molar-refractivity contribution in [3.63, 3.8) is 0 Å². The molecular formula is C11H9Cl2N5O2. The summed E-state index contributed by atoms with van der Waals surface area (Å²) in [6, 6.07) is 4.85. The van der Waals surface area contributed by atoms with E-state index in [4.69, 9.17) is 28.9 Å². The van der Waals surface area contributed by atoms with Gasteiger partial charge in [0.2, 0.25) is 11.8 Å². The van der Waals surface area contributed by atoms with Crippen molar-refractivity contribution in [2.75, 3.05) is 11.1 Å². The van der Waals surface area contributed by atoms with Crippen LogP contribution in [0.15, 0.2) is 18.2 Å². The predicted molar refractivity (Wildman–Crippen MR) is 77.6 cm³/mol. The van der Waals surface area contributed by atoms with Crippen molar-refractivity contribution in [2.45, 2.75) is 6.92 Å². The van der Waals surface area contributed by atoms with Gasteiger partial charge in [-0.1, -0.05) is 29.3 Å². The molecular weight excluding hydrogens is 305 g/mol. The van der Waals surface area contributed by atoms with Gasteiger partial charge in [-0.25, -0.2) is 4.98 Å². The van der Waals surface area contributed by atoms with Crippen molar-refractivity contribution in [3.05, 3.63) is 44.1 Å². The van der Waals surface area contributed by atoms with Gasteiger partial charge in [0.1, 0.15) is 5.69 Å². The third kappa shape index (κ3) is 2.73. The number of para-hydroxylation sites is 1. The third-order valence-corrected chi connectivity index (χ3v) is 3.09. The lowest BCUT2D eigenvalue weighted by Gasteiger charge is -2.11. The summed E-state index contributed by atoms with van der Waals surface area (Å²) in [7, 11) is 0. The normalized spacial score (nSPS) is 10.3. The van der Waals surface area contributed by atoms with E-state index in [-0.39, 0.29) is 23.1 Å². The minimum atomic E-state index is -0.595. The molecule has 0 bridgehead atoms. The molecule has 0 aliphatic carbocycles. The molecule has 3 N–H and O–H groups in total. The van der Waals surface area contributed by atoms with Crippen molar-refractivity contribution in [1.82, 2.24) is 9.97 Å². The van der Waals surface area contributed by atoms with Crippen LogP contribution < -0.4 is 11.1 Å². The minimum Gasteiger partial charge on any atom is -0.368 e. The highest BCUT2D eigenvalue weighted by molar-refractivity contribution is 6.39. The average Bonchev–Trinajstić information content (AvgIpc) is 2.32. The van der Waals surface area contributed by atoms with Gasteiger partial charge in [-0.2, -0.15) is 4.98 Å². The third-order valence-electron chi connectivity index (χ3n) is 2.46. The first-order valence-corrected chi connectivity index (χ1v) is 6.15. The van der Waals surface area contributed by atoms with Gasteiger partial charge in [-0.05, 0) is 19.1 Å². The summed E-state index contributed by atoms with van der Waals surface area (Å²) in [5, 5.41) is 14.4. The molecule has 0 spiro atoms. The maximum Gasteiger partial charge on any atom is 0.332 e. The van der Waals surface area contributed by atoms with Crippen LogP contribution in [0.1, 0.15) is 5.69 Å². The molecule has 0 radical (unpaired) electrons. The number of nitrogens with two attached hydrogens (primary N) is 1.